The van der Waals surface area contributed by atoms with Crippen molar-refractivity contribution in [2.24, 2.45) is 5.73 Å². The number of nitrogens with one attached hydrogen (secondary N) is 2. The molecule has 0 atom stereocenters. The van der Waals surface area contributed by atoms with E-state index in [0.717, 1.165) is 11.8 Å². The number of amidine groups is 1. The van der Waals surface area contributed by atoms with E-state index in [-0.39, 0.29) is 23.3 Å². The summed E-state index contributed by atoms with van der Waals surface area (Å²) in [5.74, 6) is -1.22. The van der Waals surface area contributed by atoms with Crippen LogP contribution in [-0.2, 0) is 16.0 Å². The second-order valence-electron chi connectivity index (χ2n) is 6.15. The molecular weight excluding hydrogens is 413 g/mol. The molecule has 2 amide bonds. The molecule has 1 saturated heterocycles. The highest BCUT2D eigenvalue weighted by Gasteiger charge is 2.35. The summed E-state index contributed by atoms with van der Waals surface area (Å²) >= 11 is 2.29. The number of thiazole rings is 1. The van der Waals surface area contributed by atoms with Crippen LogP contribution in [0.1, 0.15) is 11.3 Å². The van der Waals surface area contributed by atoms with Crippen LogP contribution in [0.15, 0.2) is 46.8 Å². The van der Waals surface area contributed by atoms with E-state index in [0.29, 0.717) is 32.6 Å². The third-order valence-corrected chi connectivity index (χ3v) is 5.77. The number of H-pyrrole nitrogens is 1. The number of hydrogen-bond donors (Lipinski definition) is 3. The molecule has 3 aromatic rings. The number of nitrogens with two attached hydrogens (primary N) is 1. The normalized spacial score (nSPS) is 15.5. The summed E-state index contributed by atoms with van der Waals surface area (Å²) in [6.07, 6.45) is 3.22. The number of amides is 2. The van der Waals surface area contributed by atoms with Gasteiger partial charge in [-0.05, 0) is 53.7 Å². The van der Waals surface area contributed by atoms with Crippen LogP contribution in [0, 0.1) is 11.2 Å². The van der Waals surface area contributed by atoms with Crippen molar-refractivity contribution >= 4 is 51.3 Å². The first-order valence-corrected chi connectivity index (χ1v) is 10.1. The Morgan fingerprint density at radius 2 is 2.10 bits per heavy atom. The number of benzene rings is 1. The highest BCUT2D eigenvalue weighted by atomic mass is 32.2. The van der Waals surface area contributed by atoms with Crippen LogP contribution in [0.3, 0.4) is 0 Å². The average molecular weight is 427 g/mol. The second kappa shape index (κ2) is 7.64. The Labute approximate surface area is 173 Å². The number of hydrogen-bond acceptors (Lipinski definition) is 6. The minimum atomic E-state index is -0.501. The minimum absolute atomic E-state index is 0.000479. The Morgan fingerprint density at radius 1 is 1.34 bits per heavy atom. The molecule has 0 aliphatic carbocycles. The van der Waals surface area contributed by atoms with E-state index in [2.05, 4.69) is 9.97 Å². The summed E-state index contributed by atoms with van der Waals surface area (Å²) in [5, 5.41) is 10.4. The van der Waals surface area contributed by atoms with Crippen LogP contribution >= 0.6 is 23.1 Å². The third-order valence-electron chi connectivity index (χ3n) is 4.12. The highest BCUT2D eigenvalue weighted by molar-refractivity contribution is 8.19. The SMILES string of the molecule is N=C1S/C(=C\c2cc(CC(N)=O)[nH]c2-c2ccc(F)cc2)C(=O)N1c1nccs1. The molecule has 1 aromatic carbocycles. The molecule has 1 fully saturated rings. The largest absolute Gasteiger partial charge is 0.369 e. The van der Waals surface area contributed by atoms with Crippen LogP contribution in [0.4, 0.5) is 9.52 Å². The fraction of sp³-hybridized carbons (Fsp3) is 0.0526. The van der Waals surface area contributed by atoms with Crippen LogP contribution in [0.2, 0.25) is 0 Å². The number of nitrogens with zero attached hydrogens (tertiary/aromatic N) is 2. The molecular formula is C19H14FN5O2S2. The fourth-order valence-corrected chi connectivity index (χ4v) is 4.45. The van der Waals surface area contributed by atoms with Crippen molar-refractivity contribution in [3.63, 3.8) is 0 Å². The van der Waals surface area contributed by atoms with Gasteiger partial charge in [-0.15, -0.1) is 11.3 Å². The molecule has 7 nitrogen and oxygen atoms in total. The maximum Gasteiger partial charge on any atom is 0.273 e. The van der Waals surface area contributed by atoms with Gasteiger partial charge in [-0.25, -0.2) is 14.3 Å². The molecule has 1 aliphatic rings. The first kappa shape index (κ1) is 19.1. The summed E-state index contributed by atoms with van der Waals surface area (Å²) in [5.41, 5.74) is 7.82. The van der Waals surface area contributed by atoms with E-state index in [4.69, 9.17) is 11.1 Å². The van der Waals surface area contributed by atoms with E-state index < -0.39 is 5.91 Å². The molecule has 0 spiro atoms. The van der Waals surface area contributed by atoms with Crippen molar-refractivity contribution in [1.82, 2.24) is 9.97 Å². The molecule has 0 saturated carbocycles. The fourth-order valence-electron chi connectivity index (χ4n) is 2.91. The average Bonchev–Trinajstić information content (AvgIpc) is 3.37. The van der Waals surface area contributed by atoms with Crippen LogP contribution < -0.4 is 10.6 Å². The highest BCUT2D eigenvalue weighted by Crippen LogP contribution is 2.37. The van der Waals surface area contributed by atoms with E-state index in [9.17, 15) is 14.0 Å². The maximum absolute atomic E-state index is 13.3. The van der Waals surface area contributed by atoms with Crippen molar-refractivity contribution in [3.8, 4) is 11.3 Å². The number of primary amides is 1. The van der Waals surface area contributed by atoms with E-state index in [1.165, 1.54) is 28.4 Å². The Balaban J connectivity index is 1.75. The lowest BCUT2D eigenvalue weighted by atomic mass is 10.1. The molecule has 4 rings (SSSR count). The maximum atomic E-state index is 13.3. The Hall–Kier alpha value is -3.24. The third kappa shape index (κ3) is 3.84. The monoisotopic (exact) mass is 427 g/mol. The van der Waals surface area contributed by atoms with Crippen molar-refractivity contribution in [3.05, 3.63) is 63.9 Å². The molecule has 3 heterocycles. The molecule has 4 N–H and O–H groups in total. The second-order valence-corrected chi connectivity index (χ2v) is 8.05. The molecule has 0 bridgehead atoms. The molecule has 10 heteroatoms. The first-order chi connectivity index (χ1) is 13.9. The topological polar surface area (TPSA) is 116 Å². The number of rotatable bonds is 5. The Kier molecular flexibility index (Phi) is 5.03. The zero-order valence-electron chi connectivity index (χ0n) is 14.8. The van der Waals surface area contributed by atoms with Gasteiger partial charge in [0.05, 0.1) is 17.0 Å². The van der Waals surface area contributed by atoms with Crippen molar-refractivity contribution < 1.29 is 14.0 Å². The van der Waals surface area contributed by atoms with Gasteiger partial charge in [-0.2, -0.15) is 0 Å². The summed E-state index contributed by atoms with van der Waals surface area (Å²) < 4.78 is 13.3. The van der Waals surface area contributed by atoms with Gasteiger partial charge in [0.25, 0.3) is 5.91 Å². The Bertz CT molecular complexity index is 1140. The van der Waals surface area contributed by atoms with Gasteiger partial charge < -0.3 is 10.7 Å². The van der Waals surface area contributed by atoms with Crippen LogP contribution in [0.5, 0.6) is 0 Å². The molecule has 0 unspecified atom stereocenters. The molecule has 2 aromatic heterocycles. The minimum Gasteiger partial charge on any atom is -0.369 e. The summed E-state index contributed by atoms with van der Waals surface area (Å²) in [6.45, 7) is 0. The standard InChI is InChI=1S/C19H14FN5O2S2/c20-12-3-1-10(2-4-12)16-11(7-13(24-16)9-15(21)26)8-14-17(27)25(18(22)29-14)19-23-5-6-28-19/h1-8,22,24H,9H2,(H2,21,26)/b14-8-,22-18?. The number of carbonyl (C=O) groups excluding carboxylic acids is 2. The summed E-state index contributed by atoms with van der Waals surface area (Å²) in [4.78, 5) is 33.0. The zero-order chi connectivity index (χ0) is 20.5. The van der Waals surface area contributed by atoms with Gasteiger partial charge in [0.15, 0.2) is 10.3 Å². The Morgan fingerprint density at radius 3 is 2.76 bits per heavy atom. The van der Waals surface area contributed by atoms with Crippen LogP contribution in [0.25, 0.3) is 17.3 Å². The predicted molar refractivity (Wildman–Crippen MR) is 112 cm³/mol. The molecule has 0 radical (unpaired) electrons. The zero-order valence-corrected chi connectivity index (χ0v) is 16.4. The first-order valence-electron chi connectivity index (χ1n) is 8.40. The van der Waals surface area contributed by atoms with Gasteiger partial charge in [0, 0.05) is 22.8 Å². The number of thioether (sulfide) groups is 1. The van der Waals surface area contributed by atoms with Gasteiger partial charge >= 0.3 is 0 Å². The number of anilines is 1. The lowest BCUT2D eigenvalue weighted by molar-refractivity contribution is -0.117. The lowest BCUT2D eigenvalue weighted by Gasteiger charge is -2.09. The van der Waals surface area contributed by atoms with E-state index in [1.54, 1.807) is 35.9 Å². The number of aromatic nitrogens is 2. The lowest BCUT2D eigenvalue weighted by Crippen LogP contribution is -2.27. The smallest absolute Gasteiger partial charge is 0.273 e. The summed E-state index contributed by atoms with van der Waals surface area (Å²) in [7, 11) is 0. The molecule has 146 valence electrons. The van der Waals surface area contributed by atoms with E-state index >= 15 is 0 Å². The number of halogens is 1. The predicted octanol–water partition coefficient (Wildman–Crippen LogP) is 3.36. The number of aromatic amines is 1. The van der Waals surface area contributed by atoms with Gasteiger partial charge in [-0.1, -0.05) is 0 Å². The molecule has 29 heavy (non-hydrogen) atoms. The number of carbonyl (C=O) groups is 2. The van der Waals surface area contributed by atoms with Crippen molar-refractivity contribution in [2.45, 2.75) is 6.42 Å². The van der Waals surface area contributed by atoms with Crippen LogP contribution in [-0.4, -0.2) is 26.9 Å². The van der Waals surface area contributed by atoms with Gasteiger partial charge in [-0.3, -0.25) is 15.0 Å². The quantitative estimate of drug-likeness (QED) is 0.541. The van der Waals surface area contributed by atoms with Crippen molar-refractivity contribution in [1.29, 1.82) is 5.41 Å². The van der Waals surface area contributed by atoms with E-state index in [1.807, 2.05) is 0 Å². The van der Waals surface area contributed by atoms with Gasteiger partial charge in [0.2, 0.25) is 5.91 Å². The molecule has 1 aliphatic heterocycles. The van der Waals surface area contributed by atoms with Crippen molar-refractivity contribution in [2.75, 3.05) is 4.90 Å². The van der Waals surface area contributed by atoms with Gasteiger partial charge in [0.1, 0.15) is 5.82 Å². The summed E-state index contributed by atoms with van der Waals surface area (Å²) in [6, 6.07) is 7.59.